The van der Waals surface area contributed by atoms with Crippen LogP contribution in [-0.4, -0.2) is 72.6 Å². The molecule has 2 aromatic carbocycles. The van der Waals surface area contributed by atoms with Gasteiger partial charge in [-0.1, -0.05) is 60.7 Å². The molecular weight excluding hydrogens is 440 g/mol. The molecule has 8 heteroatoms. The van der Waals surface area contributed by atoms with Crippen LogP contribution in [0.2, 0.25) is 0 Å². The second-order valence-corrected chi connectivity index (χ2v) is 8.97. The SMILES string of the molecule is COC1(C)O[C@H]2[C@H](OC1(C)OC)[C@@H](OCc1ccccc1)[C@@H](O)[C@H](O)[C@@H]2OCc1ccccc1. The van der Waals surface area contributed by atoms with E-state index in [-0.39, 0.29) is 13.2 Å². The Bertz CT molecular complexity index is 836. The van der Waals surface area contributed by atoms with Gasteiger partial charge in [0.2, 0.25) is 11.6 Å². The summed E-state index contributed by atoms with van der Waals surface area (Å²) in [6.45, 7) is 3.86. The van der Waals surface area contributed by atoms with Crippen molar-refractivity contribution in [3.8, 4) is 0 Å². The average molecular weight is 475 g/mol. The number of aliphatic hydroxyl groups excluding tert-OH is 2. The molecule has 1 saturated carbocycles. The summed E-state index contributed by atoms with van der Waals surface area (Å²) in [4.78, 5) is 0. The van der Waals surface area contributed by atoms with Crippen LogP contribution in [-0.2, 0) is 41.6 Å². The highest BCUT2D eigenvalue weighted by Crippen LogP contribution is 2.45. The highest BCUT2D eigenvalue weighted by atomic mass is 16.8. The van der Waals surface area contributed by atoms with Crippen molar-refractivity contribution in [1.29, 1.82) is 0 Å². The summed E-state index contributed by atoms with van der Waals surface area (Å²) < 4.78 is 36.3. The Morgan fingerprint density at radius 3 is 1.35 bits per heavy atom. The van der Waals surface area contributed by atoms with Gasteiger partial charge in [-0.2, -0.15) is 0 Å². The molecule has 0 aromatic heterocycles. The van der Waals surface area contributed by atoms with Crippen LogP contribution in [0.4, 0.5) is 0 Å². The van der Waals surface area contributed by atoms with Gasteiger partial charge in [-0.05, 0) is 25.0 Å². The zero-order valence-electron chi connectivity index (χ0n) is 20.0. The van der Waals surface area contributed by atoms with Gasteiger partial charge in [-0.3, -0.25) is 0 Å². The molecule has 1 aliphatic carbocycles. The molecule has 0 amide bonds. The third kappa shape index (κ3) is 4.78. The molecule has 1 aliphatic heterocycles. The number of hydrogen-bond acceptors (Lipinski definition) is 8. The minimum absolute atomic E-state index is 0.225. The van der Waals surface area contributed by atoms with Crippen molar-refractivity contribution >= 4 is 0 Å². The molecule has 2 unspecified atom stereocenters. The van der Waals surface area contributed by atoms with Gasteiger partial charge in [-0.25, -0.2) is 0 Å². The zero-order chi connectivity index (χ0) is 24.3. The lowest BCUT2D eigenvalue weighted by molar-refractivity contribution is -0.473. The minimum Gasteiger partial charge on any atom is -0.387 e. The van der Waals surface area contributed by atoms with Crippen LogP contribution in [0.25, 0.3) is 0 Å². The van der Waals surface area contributed by atoms with E-state index in [1.54, 1.807) is 13.8 Å². The molecule has 4 rings (SSSR count). The van der Waals surface area contributed by atoms with Crippen LogP contribution in [0.1, 0.15) is 25.0 Å². The summed E-state index contributed by atoms with van der Waals surface area (Å²) in [6.07, 6.45) is -5.93. The highest BCUT2D eigenvalue weighted by molar-refractivity contribution is 5.15. The number of rotatable bonds is 8. The van der Waals surface area contributed by atoms with Crippen LogP contribution < -0.4 is 0 Å². The van der Waals surface area contributed by atoms with E-state index in [2.05, 4.69) is 0 Å². The fraction of sp³-hybridized carbons (Fsp3) is 0.538. The van der Waals surface area contributed by atoms with Gasteiger partial charge in [0.1, 0.15) is 36.6 Å². The summed E-state index contributed by atoms with van der Waals surface area (Å²) in [5.41, 5.74) is 1.85. The number of benzene rings is 2. The Kier molecular flexibility index (Phi) is 7.71. The Morgan fingerprint density at radius 1 is 0.676 bits per heavy atom. The summed E-state index contributed by atoms with van der Waals surface area (Å²) in [7, 11) is 3.00. The van der Waals surface area contributed by atoms with Crippen LogP contribution >= 0.6 is 0 Å². The first kappa shape index (κ1) is 25.2. The molecule has 8 nitrogen and oxygen atoms in total. The van der Waals surface area contributed by atoms with Crippen molar-refractivity contribution in [1.82, 2.24) is 0 Å². The predicted molar refractivity (Wildman–Crippen MR) is 123 cm³/mol. The van der Waals surface area contributed by atoms with Gasteiger partial charge in [-0.15, -0.1) is 0 Å². The minimum atomic E-state index is -1.30. The van der Waals surface area contributed by atoms with Gasteiger partial charge in [0.15, 0.2) is 0 Å². The molecule has 1 heterocycles. The Labute approximate surface area is 200 Å². The molecule has 2 fully saturated rings. The van der Waals surface area contributed by atoms with Crippen LogP contribution in [0, 0.1) is 0 Å². The third-order valence-corrected chi connectivity index (χ3v) is 6.89. The molecule has 8 atom stereocenters. The van der Waals surface area contributed by atoms with Crippen molar-refractivity contribution in [2.75, 3.05) is 14.2 Å². The second kappa shape index (κ2) is 10.4. The summed E-state index contributed by atoms with van der Waals surface area (Å²) in [5, 5.41) is 22.2. The highest BCUT2D eigenvalue weighted by Gasteiger charge is 2.64. The number of hydrogen-bond donors (Lipinski definition) is 2. The third-order valence-electron chi connectivity index (χ3n) is 6.89. The van der Waals surface area contributed by atoms with Gasteiger partial charge < -0.3 is 38.6 Å². The first-order chi connectivity index (χ1) is 16.3. The predicted octanol–water partition coefficient (Wildman–Crippen LogP) is 2.40. The fourth-order valence-corrected chi connectivity index (χ4v) is 4.54. The number of methoxy groups -OCH3 is 2. The van der Waals surface area contributed by atoms with Crippen molar-refractivity contribution in [2.24, 2.45) is 0 Å². The lowest BCUT2D eigenvalue weighted by Crippen LogP contribution is -2.75. The van der Waals surface area contributed by atoms with Gasteiger partial charge in [0.05, 0.1) is 13.2 Å². The molecule has 2 aromatic rings. The molecule has 2 N–H and O–H groups in total. The lowest BCUT2D eigenvalue weighted by atomic mass is 9.82. The van der Waals surface area contributed by atoms with Crippen LogP contribution in [0.15, 0.2) is 60.7 Å². The molecule has 0 spiro atoms. The molecule has 1 saturated heterocycles. The van der Waals surface area contributed by atoms with Crippen molar-refractivity contribution in [3.05, 3.63) is 71.8 Å². The molecule has 0 bridgehead atoms. The maximum Gasteiger partial charge on any atom is 0.220 e. The Morgan fingerprint density at radius 2 is 1.03 bits per heavy atom. The Balaban J connectivity index is 1.61. The quantitative estimate of drug-likeness (QED) is 0.602. The van der Waals surface area contributed by atoms with Gasteiger partial charge in [0, 0.05) is 14.2 Å². The van der Waals surface area contributed by atoms with E-state index in [0.717, 1.165) is 11.1 Å². The fourth-order valence-electron chi connectivity index (χ4n) is 4.54. The van der Waals surface area contributed by atoms with E-state index in [1.807, 2.05) is 60.7 Å². The number of ether oxygens (including phenoxy) is 6. The van der Waals surface area contributed by atoms with E-state index in [0.29, 0.717) is 0 Å². The molecule has 2 aliphatic rings. The molecule has 186 valence electrons. The first-order valence-corrected chi connectivity index (χ1v) is 11.4. The topological polar surface area (TPSA) is 95.8 Å². The summed E-state index contributed by atoms with van der Waals surface area (Å²) in [6, 6.07) is 19.2. The Hall–Kier alpha value is -1.88. The lowest BCUT2D eigenvalue weighted by Gasteiger charge is -2.57. The molecule has 34 heavy (non-hydrogen) atoms. The molecule has 0 radical (unpaired) electrons. The smallest absolute Gasteiger partial charge is 0.220 e. The summed E-state index contributed by atoms with van der Waals surface area (Å²) in [5.74, 6) is -2.60. The van der Waals surface area contributed by atoms with Crippen LogP contribution in [0.5, 0.6) is 0 Å². The zero-order valence-corrected chi connectivity index (χ0v) is 20.0. The number of aliphatic hydroxyl groups is 2. The van der Waals surface area contributed by atoms with Gasteiger partial charge >= 0.3 is 0 Å². The molecular formula is C26H34O8. The van der Waals surface area contributed by atoms with Gasteiger partial charge in [0.25, 0.3) is 0 Å². The van der Waals surface area contributed by atoms with Crippen LogP contribution in [0.3, 0.4) is 0 Å². The van der Waals surface area contributed by atoms with E-state index in [1.165, 1.54) is 14.2 Å². The summed E-state index contributed by atoms with van der Waals surface area (Å²) >= 11 is 0. The van der Waals surface area contributed by atoms with E-state index < -0.39 is 48.2 Å². The monoisotopic (exact) mass is 474 g/mol. The first-order valence-electron chi connectivity index (χ1n) is 11.4. The normalized spacial score (nSPS) is 37.8. The van der Waals surface area contributed by atoms with E-state index >= 15 is 0 Å². The maximum atomic E-state index is 11.1. The average Bonchev–Trinajstić information content (AvgIpc) is 2.87. The second-order valence-electron chi connectivity index (χ2n) is 8.97. The number of fused-ring (bicyclic) bond motifs is 1. The van der Waals surface area contributed by atoms with Crippen molar-refractivity contribution in [3.63, 3.8) is 0 Å². The van der Waals surface area contributed by atoms with Crippen molar-refractivity contribution < 1.29 is 38.6 Å². The standard InChI is InChI=1S/C26H34O8/c1-25(29-3)26(2,30-4)34-24-22(32-16-18-13-9-6-10-14-18)20(28)19(27)21(23(24)33-25)31-15-17-11-7-5-8-12-17/h5-14,19-24,27-28H,15-16H2,1-4H3/t19-,20-,21-,22-,23+,24+,25?,26?/m0/s1. The van der Waals surface area contributed by atoms with E-state index in [4.69, 9.17) is 28.4 Å². The van der Waals surface area contributed by atoms with E-state index in [9.17, 15) is 10.2 Å². The maximum absolute atomic E-state index is 11.1. The largest absolute Gasteiger partial charge is 0.387 e. The van der Waals surface area contributed by atoms with Crippen molar-refractivity contribution in [2.45, 2.75) is 75.3 Å².